The molecule has 0 aromatic carbocycles. The maximum absolute atomic E-state index is 13.7. The summed E-state index contributed by atoms with van der Waals surface area (Å²) >= 11 is 0. The van der Waals surface area contributed by atoms with Crippen LogP contribution in [0.4, 0.5) is 11.5 Å². The summed E-state index contributed by atoms with van der Waals surface area (Å²) in [5.74, 6) is -0.229. The number of aryl methyl sites for hydroxylation is 2. The van der Waals surface area contributed by atoms with Gasteiger partial charge in [-0.15, -0.1) is 0 Å². The summed E-state index contributed by atoms with van der Waals surface area (Å²) in [6.45, 7) is 5.20. The number of fused-ring (bicyclic) bond motifs is 3. The molecule has 0 radical (unpaired) electrons. The van der Waals surface area contributed by atoms with Crippen molar-refractivity contribution in [3.05, 3.63) is 81.4 Å². The number of amides is 2. The summed E-state index contributed by atoms with van der Waals surface area (Å²) in [6.07, 6.45) is 8.09. The number of hydrogen-bond donors (Lipinski definition) is 2. The van der Waals surface area contributed by atoms with E-state index in [1.54, 1.807) is 49.7 Å². The molecule has 2 aliphatic rings. The molecule has 2 N–H and O–H groups in total. The zero-order chi connectivity index (χ0) is 28.3. The minimum atomic E-state index is -0.461. The zero-order valence-corrected chi connectivity index (χ0v) is 22.9. The van der Waals surface area contributed by atoms with Crippen LogP contribution in [0.5, 0.6) is 0 Å². The molecule has 0 saturated heterocycles. The van der Waals surface area contributed by atoms with Crippen LogP contribution < -0.4 is 15.8 Å². The molecule has 6 rings (SSSR count). The van der Waals surface area contributed by atoms with Crippen molar-refractivity contribution < 1.29 is 14.7 Å². The highest BCUT2D eigenvalue weighted by molar-refractivity contribution is 6.06. The van der Waals surface area contributed by atoms with Crippen LogP contribution in [0, 0.1) is 5.41 Å². The van der Waals surface area contributed by atoms with Gasteiger partial charge >= 0.3 is 0 Å². The second kappa shape index (κ2) is 9.30. The summed E-state index contributed by atoms with van der Waals surface area (Å²) in [6, 6.07) is 5.31. The van der Waals surface area contributed by atoms with Gasteiger partial charge in [0.05, 0.1) is 18.4 Å². The van der Waals surface area contributed by atoms with Gasteiger partial charge in [0.1, 0.15) is 17.2 Å². The first-order chi connectivity index (χ1) is 19.1. The fourth-order valence-electron chi connectivity index (χ4n) is 5.93. The topological polar surface area (TPSA) is 127 Å². The van der Waals surface area contributed by atoms with Crippen molar-refractivity contribution in [3.63, 3.8) is 0 Å². The Hall–Kier alpha value is -4.51. The molecular formula is C29H31N7O4. The van der Waals surface area contributed by atoms with E-state index in [1.807, 2.05) is 6.07 Å². The molecule has 0 unspecified atom stereocenters. The minimum absolute atomic E-state index is 0.0837. The van der Waals surface area contributed by atoms with E-state index in [4.69, 9.17) is 0 Å². The second-order valence-electron chi connectivity index (χ2n) is 11.4. The van der Waals surface area contributed by atoms with Crippen molar-refractivity contribution in [1.29, 1.82) is 0 Å². The zero-order valence-electron chi connectivity index (χ0n) is 22.9. The average Bonchev–Trinajstić information content (AvgIpc) is 3.58. The van der Waals surface area contributed by atoms with Crippen LogP contribution in [0.2, 0.25) is 0 Å². The predicted molar refractivity (Wildman–Crippen MR) is 149 cm³/mol. The number of pyridine rings is 2. The van der Waals surface area contributed by atoms with Crippen molar-refractivity contribution in [1.82, 2.24) is 23.9 Å². The van der Waals surface area contributed by atoms with Crippen molar-refractivity contribution in [2.75, 3.05) is 16.8 Å². The molecule has 2 amide bonds. The van der Waals surface area contributed by atoms with E-state index in [2.05, 4.69) is 33.8 Å². The monoisotopic (exact) mass is 541 g/mol. The lowest BCUT2D eigenvalue weighted by Crippen LogP contribution is -2.41. The van der Waals surface area contributed by atoms with Gasteiger partial charge in [-0.2, -0.15) is 5.10 Å². The molecule has 0 saturated carbocycles. The molecule has 0 bridgehead atoms. The maximum atomic E-state index is 13.7. The molecular weight excluding hydrogens is 510 g/mol. The largest absolute Gasteiger partial charge is 0.392 e. The van der Waals surface area contributed by atoms with Gasteiger partial charge in [0.2, 0.25) is 0 Å². The van der Waals surface area contributed by atoms with Crippen LogP contribution in [-0.4, -0.2) is 47.4 Å². The molecule has 1 aliphatic carbocycles. The van der Waals surface area contributed by atoms with E-state index in [0.29, 0.717) is 46.9 Å². The summed E-state index contributed by atoms with van der Waals surface area (Å²) < 4.78 is 5.01. The Kier molecular flexibility index (Phi) is 5.99. The Bertz CT molecular complexity index is 1740. The van der Waals surface area contributed by atoms with Crippen LogP contribution in [0.15, 0.2) is 47.8 Å². The lowest BCUT2D eigenvalue weighted by Gasteiger charge is -2.31. The highest BCUT2D eigenvalue weighted by atomic mass is 16.3. The number of carbonyl (C=O) groups excluding carboxylic acids is 2. The van der Waals surface area contributed by atoms with Crippen molar-refractivity contribution >= 4 is 23.3 Å². The van der Waals surface area contributed by atoms with E-state index in [-0.39, 0.29) is 29.2 Å². The highest BCUT2D eigenvalue weighted by Gasteiger charge is 2.37. The number of anilines is 2. The molecule has 206 valence electrons. The molecule has 1 aliphatic heterocycles. The molecule has 4 aromatic rings. The molecule has 11 heteroatoms. The number of aromatic nitrogens is 5. The fraction of sp³-hybridized carbons (Fsp3) is 0.345. The summed E-state index contributed by atoms with van der Waals surface area (Å²) in [5.41, 5.74) is 4.98. The van der Waals surface area contributed by atoms with Crippen LogP contribution in [0.1, 0.15) is 51.5 Å². The van der Waals surface area contributed by atoms with Crippen molar-refractivity contribution in [3.8, 4) is 11.1 Å². The smallest absolute Gasteiger partial charge is 0.276 e. The SMILES string of the molecule is Cn1cc(C(=O)Nc2cc(-c3ccnc(N4CCn5c(cc6c5CC(C)(C)C6)C4=O)c3CO)cn(C)c2=O)cn1. The van der Waals surface area contributed by atoms with Crippen molar-refractivity contribution in [2.24, 2.45) is 19.5 Å². The minimum Gasteiger partial charge on any atom is -0.392 e. The maximum Gasteiger partial charge on any atom is 0.276 e. The first kappa shape index (κ1) is 25.8. The predicted octanol–water partition coefficient (Wildman–Crippen LogP) is 2.51. The highest BCUT2D eigenvalue weighted by Crippen LogP contribution is 2.40. The van der Waals surface area contributed by atoms with Gasteiger partial charge < -0.3 is 19.6 Å². The quantitative estimate of drug-likeness (QED) is 0.400. The number of rotatable bonds is 5. The number of hydrogen-bond acceptors (Lipinski definition) is 6. The first-order valence-electron chi connectivity index (χ1n) is 13.2. The number of nitrogens with one attached hydrogen (secondary N) is 1. The lowest BCUT2D eigenvalue weighted by atomic mass is 9.90. The number of aliphatic hydroxyl groups excluding tert-OH is 1. The van der Waals surface area contributed by atoms with Gasteiger partial charge in [0.15, 0.2) is 0 Å². The molecule has 11 nitrogen and oxygen atoms in total. The third-order valence-corrected chi connectivity index (χ3v) is 7.78. The van der Waals surface area contributed by atoms with E-state index in [1.165, 1.54) is 26.7 Å². The Balaban J connectivity index is 1.36. The first-order valence-corrected chi connectivity index (χ1v) is 13.2. The summed E-state index contributed by atoms with van der Waals surface area (Å²) in [4.78, 5) is 45.4. The molecule has 40 heavy (non-hydrogen) atoms. The number of carbonyl (C=O) groups is 2. The number of nitrogens with zero attached hydrogens (tertiary/aromatic N) is 6. The lowest BCUT2D eigenvalue weighted by molar-refractivity contribution is 0.0961. The molecule has 4 aromatic heterocycles. The Labute approximate surface area is 230 Å². The van der Waals surface area contributed by atoms with Gasteiger partial charge in [0, 0.05) is 62.6 Å². The van der Waals surface area contributed by atoms with E-state index in [9.17, 15) is 19.5 Å². The normalized spacial score (nSPS) is 15.7. The van der Waals surface area contributed by atoms with Crippen LogP contribution >= 0.6 is 0 Å². The Morgan fingerprint density at radius 1 is 1.12 bits per heavy atom. The second-order valence-corrected chi connectivity index (χ2v) is 11.4. The third kappa shape index (κ3) is 4.22. The van der Waals surface area contributed by atoms with Gasteiger partial charge in [0.25, 0.3) is 17.4 Å². The molecule has 0 spiro atoms. The van der Waals surface area contributed by atoms with Crippen LogP contribution in [-0.2, 0) is 40.1 Å². The average molecular weight is 542 g/mol. The van der Waals surface area contributed by atoms with Crippen molar-refractivity contribution in [2.45, 2.75) is 39.8 Å². The third-order valence-electron chi connectivity index (χ3n) is 7.78. The Morgan fingerprint density at radius 2 is 1.93 bits per heavy atom. The van der Waals surface area contributed by atoms with E-state index in [0.717, 1.165) is 12.8 Å². The molecule has 0 fully saturated rings. The van der Waals surface area contributed by atoms with Crippen LogP contribution in [0.25, 0.3) is 11.1 Å². The van der Waals surface area contributed by atoms with E-state index < -0.39 is 5.91 Å². The Morgan fingerprint density at radius 3 is 2.65 bits per heavy atom. The van der Waals surface area contributed by atoms with Crippen LogP contribution in [0.3, 0.4) is 0 Å². The van der Waals surface area contributed by atoms with Gasteiger partial charge in [-0.3, -0.25) is 24.0 Å². The number of aliphatic hydroxyl groups is 1. The van der Waals surface area contributed by atoms with Gasteiger partial charge in [-0.05, 0) is 47.6 Å². The molecule has 5 heterocycles. The summed E-state index contributed by atoms with van der Waals surface area (Å²) in [5, 5.41) is 17.2. The van der Waals surface area contributed by atoms with Gasteiger partial charge in [-0.1, -0.05) is 13.8 Å². The van der Waals surface area contributed by atoms with E-state index >= 15 is 0 Å². The van der Waals surface area contributed by atoms with Gasteiger partial charge in [-0.25, -0.2) is 4.98 Å². The fourth-order valence-corrected chi connectivity index (χ4v) is 5.93. The standard InChI is InChI=1S/C29H31N7O4/c1-29(2)11-17-10-23-28(40)36(8-7-35(23)24(17)12-29)25-21(16-37)20(5-6-30-25)18-9-22(27(39)33(3)14-18)32-26(38)19-13-31-34(4)15-19/h5-6,9-10,13-15,37H,7-8,11-12,16H2,1-4H3,(H,32,38). The summed E-state index contributed by atoms with van der Waals surface area (Å²) in [7, 11) is 3.29. The molecule has 0 atom stereocenters.